The van der Waals surface area contributed by atoms with Crippen molar-refractivity contribution in [2.45, 2.75) is 38.6 Å². The zero-order valence-corrected chi connectivity index (χ0v) is 16.6. The third kappa shape index (κ3) is 4.14. The zero-order chi connectivity index (χ0) is 18.6. The average molecular weight is 372 g/mol. The van der Waals surface area contributed by atoms with E-state index in [1.165, 1.54) is 12.8 Å². The predicted octanol–water partition coefficient (Wildman–Crippen LogP) is 2.86. The number of benzene rings is 1. The number of piperidine rings is 1. The first kappa shape index (κ1) is 18.8. The van der Waals surface area contributed by atoms with E-state index in [-0.39, 0.29) is 5.91 Å². The van der Waals surface area contributed by atoms with Gasteiger partial charge >= 0.3 is 0 Å². The largest absolute Gasteiger partial charge is 0.379 e. The van der Waals surface area contributed by atoms with Crippen molar-refractivity contribution in [3.63, 3.8) is 0 Å². The monoisotopic (exact) mass is 371 g/mol. The molecule has 3 saturated heterocycles. The minimum absolute atomic E-state index is 0.218. The Labute approximate surface area is 163 Å². The van der Waals surface area contributed by atoms with Crippen LogP contribution >= 0.6 is 0 Å². The van der Waals surface area contributed by atoms with Crippen LogP contribution < -0.4 is 4.90 Å². The van der Waals surface area contributed by atoms with Crippen molar-refractivity contribution in [2.75, 3.05) is 57.4 Å². The second-order valence-corrected chi connectivity index (χ2v) is 8.23. The van der Waals surface area contributed by atoms with Crippen molar-refractivity contribution in [2.24, 2.45) is 5.92 Å². The molecule has 4 rings (SSSR count). The van der Waals surface area contributed by atoms with E-state index in [0.29, 0.717) is 12.0 Å². The first-order chi connectivity index (χ1) is 13.2. The van der Waals surface area contributed by atoms with Gasteiger partial charge in [0.15, 0.2) is 0 Å². The van der Waals surface area contributed by atoms with Crippen molar-refractivity contribution in [3.05, 3.63) is 29.8 Å². The van der Waals surface area contributed by atoms with Gasteiger partial charge in [-0.3, -0.25) is 9.69 Å². The van der Waals surface area contributed by atoms with Crippen LogP contribution in [0.2, 0.25) is 0 Å². The van der Waals surface area contributed by atoms with E-state index in [1.54, 1.807) is 0 Å². The quantitative estimate of drug-likeness (QED) is 0.815. The molecule has 1 aromatic carbocycles. The molecule has 0 aromatic heterocycles. The summed E-state index contributed by atoms with van der Waals surface area (Å²) >= 11 is 0. The number of anilines is 1. The van der Waals surface area contributed by atoms with E-state index in [2.05, 4.69) is 33.8 Å². The number of ether oxygens (including phenoxy) is 1. The van der Waals surface area contributed by atoms with Gasteiger partial charge in [0.1, 0.15) is 0 Å². The number of para-hydroxylation sites is 1. The maximum Gasteiger partial charge on any atom is 0.255 e. The Morgan fingerprint density at radius 3 is 2.37 bits per heavy atom. The molecule has 3 heterocycles. The number of rotatable bonds is 4. The van der Waals surface area contributed by atoms with Crippen molar-refractivity contribution in [3.8, 4) is 0 Å². The lowest BCUT2D eigenvalue weighted by Gasteiger charge is -2.41. The molecule has 1 unspecified atom stereocenters. The van der Waals surface area contributed by atoms with E-state index < -0.39 is 0 Å². The van der Waals surface area contributed by atoms with Crippen molar-refractivity contribution >= 4 is 11.6 Å². The van der Waals surface area contributed by atoms with E-state index >= 15 is 0 Å². The Morgan fingerprint density at radius 2 is 1.67 bits per heavy atom. The highest BCUT2D eigenvalue weighted by Gasteiger charge is 2.31. The third-order valence-electron chi connectivity index (χ3n) is 6.71. The Bertz CT molecular complexity index is 630. The first-order valence-corrected chi connectivity index (χ1v) is 10.7. The van der Waals surface area contributed by atoms with E-state index in [0.717, 1.165) is 76.6 Å². The highest BCUT2D eigenvalue weighted by molar-refractivity contribution is 6.00. The predicted molar refractivity (Wildman–Crippen MR) is 108 cm³/mol. The SMILES string of the molecule is CC(C1CCN(C(=O)c2ccccc2N2CCCC2)CC1)N1CCOCC1. The van der Waals surface area contributed by atoms with Gasteiger partial charge in [0, 0.05) is 51.0 Å². The molecule has 0 N–H and O–H groups in total. The topological polar surface area (TPSA) is 36.0 Å². The second-order valence-electron chi connectivity index (χ2n) is 8.23. The maximum absolute atomic E-state index is 13.2. The summed E-state index contributed by atoms with van der Waals surface area (Å²) in [6.07, 6.45) is 4.67. The molecular formula is C22H33N3O2. The lowest BCUT2D eigenvalue weighted by atomic mass is 9.89. The second kappa shape index (κ2) is 8.61. The molecule has 27 heavy (non-hydrogen) atoms. The van der Waals surface area contributed by atoms with Crippen LogP contribution in [0, 0.1) is 5.92 Å². The van der Waals surface area contributed by atoms with E-state index in [9.17, 15) is 4.79 Å². The molecule has 5 heteroatoms. The van der Waals surface area contributed by atoms with Gasteiger partial charge in [0.2, 0.25) is 0 Å². The summed E-state index contributed by atoms with van der Waals surface area (Å²) in [5.74, 6) is 0.899. The Kier molecular flexibility index (Phi) is 5.98. The van der Waals surface area contributed by atoms with Crippen LogP contribution in [0.4, 0.5) is 5.69 Å². The third-order valence-corrected chi connectivity index (χ3v) is 6.71. The number of hydrogen-bond donors (Lipinski definition) is 0. The van der Waals surface area contributed by atoms with Gasteiger partial charge in [0.05, 0.1) is 18.8 Å². The molecule has 0 aliphatic carbocycles. The summed E-state index contributed by atoms with van der Waals surface area (Å²) in [7, 11) is 0. The zero-order valence-electron chi connectivity index (χ0n) is 16.6. The van der Waals surface area contributed by atoms with Gasteiger partial charge in [-0.25, -0.2) is 0 Å². The van der Waals surface area contributed by atoms with Gasteiger partial charge in [-0.2, -0.15) is 0 Å². The van der Waals surface area contributed by atoms with Crippen molar-refractivity contribution in [1.29, 1.82) is 0 Å². The summed E-state index contributed by atoms with van der Waals surface area (Å²) in [6.45, 7) is 10.1. The summed E-state index contributed by atoms with van der Waals surface area (Å²) in [5, 5.41) is 0. The minimum atomic E-state index is 0.218. The molecule has 0 bridgehead atoms. The Balaban J connectivity index is 1.37. The molecule has 1 amide bonds. The highest BCUT2D eigenvalue weighted by atomic mass is 16.5. The smallest absolute Gasteiger partial charge is 0.255 e. The first-order valence-electron chi connectivity index (χ1n) is 10.7. The number of likely N-dealkylation sites (tertiary alicyclic amines) is 1. The highest BCUT2D eigenvalue weighted by Crippen LogP contribution is 2.29. The fourth-order valence-corrected chi connectivity index (χ4v) is 4.93. The fourth-order valence-electron chi connectivity index (χ4n) is 4.93. The van der Waals surface area contributed by atoms with Gasteiger partial charge in [-0.05, 0) is 50.7 Å². The lowest BCUT2D eigenvalue weighted by Crippen LogP contribution is -2.49. The normalized spacial score (nSPS) is 23.6. The Hall–Kier alpha value is -1.59. The molecule has 0 spiro atoms. The van der Waals surface area contributed by atoms with Gasteiger partial charge in [0.25, 0.3) is 5.91 Å². The van der Waals surface area contributed by atoms with E-state index in [4.69, 9.17) is 4.74 Å². The number of carbonyl (C=O) groups excluding carboxylic acids is 1. The van der Waals surface area contributed by atoms with Crippen LogP contribution in [-0.4, -0.2) is 74.2 Å². The molecule has 1 atom stereocenters. The number of amides is 1. The van der Waals surface area contributed by atoms with Crippen LogP contribution in [0.15, 0.2) is 24.3 Å². The number of morpholine rings is 1. The van der Waals surface area contributed by atoms with Crippen LogP contribution in [0.5, 0.6) is 0 Å². The molecule has 0 saturated carbocycles. The van der Waals surface area contributed by atoms with Crippen LogP contribution in [0.25, 0.3) is 0 Å². The van der Waals surface area contributed by atoms with Crippen LogP contribution in [-0.2, 0) is 4.74 Å². The number of nitrogens with zero attached hydrogens (tertiary/aromatic N) is 3. The molecule has 3 fully saturated rings. The maximum atomic E-state index is 13.2. The van der Waals surface area contributed by atoms with Crippen molar-refractivity contribution < 1.29 is 9.53 Å². The van der Waals surface area contributed by atoms with Crippen molar-refractivity contribution in [1.82, 2.24) is 9.80 Å². The summed E-state index contributed by atoms with van der Waals surface area (Å²) in [4.78, 5) is 20.2. The van der Waals surface area contributed by atoms with Crippen LogP contribution in [0.1, 0.15) is 43.0 Å². The van der Waals surface area contributed by atoms with Gasteiger partial charge < -0.3 is 14.5 Å². The number of hydrogen-bond acceptors (Lipinski definition) is 4. The molecule has 0 radical (unpaired) electrons. The van der Waals surface area contributed by atoms with Gasteiger partial charge in [-0.15, -0.1) is 0 Å². The molecule has 1 aromatic rings. The van der Waals surface area contributed by atoms with E-state index in [1.807, 2.05) is 12.1 Å². The number of carbonyl (C=O) groups is 1. The lowest BCUT2D eigenvalue weighted by molar-refractivity contribution is -0.000946. The minimum Gasteiger partial charge on any atom is -0.379 e. The van der Waals surface area contributed by atoms with Gasteiger partial charge in [-0.1, -0.05) is 12.1 Å². The summed E-state index contributed by atoms with van der Waals surface area (Å²) in [6, 6.07) is 8.77. The van der Waals surface area contributed by atoms with Crippen LogP contribution in [0.3, 0.4) is 0 Å². The molecule has 3 aliphatic rings. The summed E-state index contributed by atoms with van der Waals surface area (Å²) < 4.78 is 5.49. The molecular weight excluding hydrogens is 338 g/mol. The fraction of sp³-hybridized carbons (Fsp3) is 0.682. The Morgan fingerprint density at radius 1 is 1.00 bits per heavy atom. The average Bonchev–Trinajstić information content (AvgIpc) is 3.28. The molecule has 148 valence electrons. The molecule has 3 aliphatic heterocycles. The standard InChI is InChI=1S/C22H33N3O2/c1-18(23-14-16-27-17-15-23)19-8-12-25(13-9-19)22(26)20-6-2-3-7-21(20)24-10-4-5-11-24/h2-3,6-7,18-19H,4-5,8-17H2,1H3. The summed E-state index contributed by atoms with van der Waals surface area (Å²) in [5.41, 5.74) is 2.02. The molecule has 5 nitrogen and oxygen atoms in total.